The molecule has 0 saturated carbocycles. The Morgan fingerprint density at radius 2 is 1.39 bits per heavy atom. The van der Waals surface area contributed by atoms with Crippen LogP contribution in [-0.4, -0.2) is 110 Å². The van der Waals surface area contributed by atoms with Crippen LogP contribution in [0.15, 0.2) is 0 Å². The third kappa shape index (κ3) is 3.64. The molecule has 0 aromatic rings. The van der Waals surface area contributed by atoms with E-state index in [1.165, 1.54) is 0 Å². The van der Waals surface area contributed by atoms with Gasteiger partial charge >= 0.3 is 0 Å². The molecule has 2 unspecified atom stereocenters. The Morgan fingerprint density at radius 3 is 1.96 bits per heavy atom. The van der Waals surface area contributed by atoms with Crippen LogP contribution in [0.2, 0.25) is 0 Å². The zero-order valence-electron chi connectivity index (χ0n) is 11.9. The smallest absolute Gasteiger partial charge is 0.189 e. The topological polar surface area (TPSA) is 169 Å². The van der Waals surface area contributed by atoms with Gasteiger partial charge in [-0.2, -0.15) is 0 Å². The van der Waals surface area contributed by atoms with Crippen molar-refractivity contribution in [3.05, 3.63) is 0 Å². The van der Waals surface area contributed by atoms with E-state index in [-0.39, 0.29) is 0 Å². The van der Waals surface area contributed by atoms with Crippen LogP contribution >= 0.6 is 0 Å². The van der Waals surface area contributed by atoms with Crippen molar-refractivity contribution in [3.63, 3.8) is 0 Å². The van der Waals surface area contributed by atoms with Gasteiger partial charge in [0.2, 0.25) is 0 Å². The van der Waals surface area contributed by atoms with E-state index in [2.05, 4.69) is 0 Å². The maximum atomic E-state index is 13.6. The monoisotopic (exact) mass is 344 g/mol. The van der Waals surface area contributed by atoms with E-state index >= 15 is 0 Å². The molecule has 2 saturated heterocycles. The molecule has 0 aromatic carbocycles. The fraction of sp³-hybridized carbons (Fsp3) is 1.00. The highest BCUT2D eigenvalue weighted by Gasteiger charge is 2.50. The molecular formula is C12H21FO10. The Hall–Kier alpha value is -0.470. The molecule has 0 aliphatic carbocycles. The van der Waals surface area contributed by atoms with Crippen molar-refractivity contribution < 1.29 is 54.3 Å². The number of hydrogen-bond acceptors (Lipinski definition) is 10. The summed E-state index contributed by atoms with van der Waals surface area (Å²) in [5, 5.41) is 66.5. The summed E-state index contributed by atoms with van der Waals surface area (Å²) in [6.45, 7) is -1.43. The van der Waals surface area contributed by atoms with Gasteiger partial charge in [-0.15, -0.1) is 0 Å². The Balaban J connectivity index is 2.11. The molecule has 11 heteroatoms. The van der Waals surface area contributed by atoms with Gasteiger partial charge in [0.25, 0.3) is 0 Å². The predicted octanol–water partition coefficient (Wildman–Crippen LogP) is -4.42. The summed E-state index contributed by atoms with van der Waals surface area (Å²) in [4.78, 5) is 0. The summed E-state index contributed by atoms with van der Waals surface area (Å²) in [5.74, 6) is 0. The van der Waals surface area contributed by atoms with Crippen molar-refractivity contribution in [1.82, 2.24) is 0 Å². The Kier molecular flexibility index (Phi) is 6.24. The molecule has 10 nitrogen and oxygen atoms in total. The average Bonchev–Trinajstić information content (AvgIpc) is 2.55. The first-order valence-corrected chi connectivity index (χ1v) is 7.04. The normalized spacial score (nSPS) is 51.7. The molecule has 2 aliphatic rings. The van der Waals surface area contributed by atoms with Crippen LogP contribution in [0.4, 0.5) is 4.39 Å². The minimum Gasteiger partial charge on any atom is -0.394 e. The van der Waals surface area contributed by atoms with Gasteiger partial charge in [-0.1, -0.05) is 0 Å². The number of aliphatic hydroxyl groups excluding tert-OH is 7. The SMILES string of the molecule is OC[C@H]1O[C@@H](O)[C@@H](F)[C@@H](O)C1OC1O[C@H](CO)[C@H](O)[C@H](O)[C@H]1O. The van der Waals surface area contributed by atoms with E-state index < -0.39 is 74.7 Å². The van der Waals surface area contributed by atoms with Gasteiger partial charge in [0.1, 0.15) is 42.7 Å². The summed E-state index contributed by atoms with van der Waals surface area (Å²) < 4.78 is 28.7. The van der Waals surface area contributed by atoms with Gasteiger partial charge in [-0.25, -0.2) is 4.39 Å². The molecular weight excluding hydrogens is 323 g/mol. The first kappa shape index (κ1) is 18.9. The van der Waals surface area contributed by atoms with E-state index in [1.807, 2.05) is 0 Å². The van der Waals surface area contributed by atoms with Crippen LogP contribution in [0.3, 0.4) is 0 Å². The summed E-state index contributed by atoms with van der Waals surface area (Å²) in [7, 11) is 0. The molecule has 10 atom stereocenters. The lowest BCUT2D eigenvalue weighted by atomic mass is 9.97. The Labute approximate surface area is 130 Å². The van der Waals surface area contributed by atoms with Crippen molar-refractivity contribution >= 4 is 0 Å². The standard InChI is InChI=1S/C12H21FO10/c13-5-7(17)10(4(2-15)21-11(5)20)23-12-9(19)8(18)6(16)3(1-14)22-12/h3-12,14-20H,1-2H2/t3-,4-,5+,6+,7-,8+,9-,10?,11-,12?/m1/s1. The summed E-state index contributed by atoms with van der Waals surface area (Å²) in [6, 6.07) is 0. The molecule has 0 aromatic heterocycles. The van der Waals surface area contributed by atoms with Crippen LogP contribution in [-0.2, 0) is 14.2 Å². The number of halogens is 1. The maximum Gasteiger partial charge on any atom is 0.189 e. The molecule has 0 amide bonds. The third-order valence-electron chi connectivity index (χ3n) is 3.94. The largest absolute Gasteiger partial charge is 0.394 e. The molecule has 7 N–H and O–H groups in total. The van der Waals surface area contributed by atoms with Gasteiger partial charge in [0.05, 0.1) is 13.2 Å². The first-order chi connectivity index (χ1) is 10.8. The van der Waals surface area contributed by atoms with Gasteiger partial charge in [0, 0.05) is 0 Å². The molecule has 0 radical (unpaired) electrons. The van der Waals surface area contributed by atoms with Crippen LogP contribution in [0.1, 0.15) is 0 Å². The summed E-state index contributed by atoms with van der Waals surface area (Å²) in [6.07, 6.45) is -16.9. The minimum atomic E-state index is -2.23. The van der Waals surface area contributed by atoms with Gasteiger partial charge in [-0.3, -0.25) is 0 Å². The molecule has 0 spiro atoms. The quantitative estimate of drug-likeness (QED) is 0.264. The second-order valence-corrected chi connectivity index (χ2v) is 5.48. The zero-order valence-corrected chi connectivity index (χ0v) is 11.9. The Bertz CT molecular complexity index is 383. The van der Waals surface area contributed by atoms with Crippen LogP contribution in [0.25, 0.3) is 0 Å². The number of hydrogen-bond donors (Lipinski definition) is 7. The van der Waals surface area contributed by atoms with Crippen molar-refractivity contribution in [2.75, 3.05) is 13.2 Å². The highest BCUT2D eigenvalue weighted by atomic mass is 19.1. The highest BCUT2D eigenvalue weighted by Crippen LogP contribution is 2.29. The fourth-order valence-electron chi connectivity index (χ4n) is 2.55. The van der Waals surface area contributed by atoms with E-state index in [4.69, 9.17) is 19.3 Å². The number of alkyl halides is 1. The van der Waals surface area contributed by atoms with Crippen LogP contribution < -0.4 is 0 Å². The molecule has 2 aliphatic heterocycles. The molecule has 0 bridgehead atoms. The molecule has 2 heterocycles. The molecule has 2 fully saturated rings. The molecule has 2 rings (SSSR count). The maximum absolute atomic E-state index is 13.6. The van der Waals surface area contributed by atoms with Gasteiger partial charge in [0.15, 0.2) is 18.8 Å². The second kappa shape index (κ2) is 7.61. The van der Waals surface area contributed by atoms with Crippen molar-refractivity contribution in [2.45, 2.75) is 61.5 Å². The van der Waals surface area contributed by atoms with E-state index in [1.54, 1.807) is 0 Å². The third-order valence-corrected chi connectivity index (χ3v) is 3.94. The number of ether oxygens (including phenoxy) is 3. The summed E-state index contributed by atoms with van der Waals surface area (Å²) in [5.41, 5.74) is 0. The lowest BCUT2D eigenvalue weighted by Crippen LogP contribution is -2.63. The lowest BCUT2D eigenvalue weighted by Gasteiger charge is -2.44. The lowest BCUT2D eigenvalue weighted by molar-refractivity contribution is -0.350. The van der Waals surface area contributed by atoms with Crippen LogP contribution in [0, 0.1) is 0 Å². The van der Waals surface area contributed by atoms with Gasteiger partial charge < -0.3 is 50.0 Å². The van der Waals surface area contributed by atoms with Gasteiger partial charge in [-0.05, 0) is 0 Å². The minimum absolute atomic E-state index is 0.692. The highest BCUT2D eigenvalue weighted by molar-refractivity contribution is 4.93. The van der Waals surface area contributed by atoms with E-state index in [0.29, 0.717) is 0 Å². The van der Waals surface area contributed by atoms with Crippen LogP contribution in [0.5, 0.6) is 0 Å². The zero-order chi connectivity index (χ0) is 17.3. The van der Waals surface area contributed by atoms with Crippen molar-refractivity contribution in [3.8, 4) is 0 Å². The van der Waals surface area contributed by atoms with E-state index in [0.717, 1.165) is 0 Å². The van der Waals surface area contributed by atoms with E-state index in [9.17, 15) is 35.0 Å². The Morgan fingerprint density at radius 1 is 0.783 bits per heavy atom. The first-order valence-electron chi connectivity index (χ1n) is 7.04. The second-order valence-electron chi connectivity index (χ2n) is 5.48. The van der Waals surface area contributed by atoms with Crippen molar-refractivity contribution in [2.24, 2.45) is 0 Å². The summed E-state index contributed by atoms with van der Waals surface area (Å²) >= 11 is 0. The predicted molar refractivity (Wildman–Crippen MR) is 67.5 cm³/mol. The average molecular weight is 344 g/mol. The van der Waals surface area contributed by atoms with Crippen molar-refractivity contribution in [1.29, 1.82) is 0 Å². The molecule has 136 valence electrons. The molecule has 23 heavy (non-hydrogen) atoms. The number of aliphatic hydroxyl groups is 7. The number of rotatable bonds is 4. The fourth-order valence-corrected chi connectivity index (χ4v) is 2.55.